The van der Waals surface area contributed by atoms with Gasteiger partial charge in [0.2, 0.25) is 0 Å². The summed E-state index contributed by atoms with van der Waals surface area (Å²) in [4.78, 5) is 0. The van der Waals surface area contributed by atoms with Crippen LogP contribution < -0.4 is 0 Å². The van der Waals surface area contributed by atoms with E-state index in [1.807, 2.05) is 36.4 Å². The van der Waals surface area contributed by atoms with E-state index in [9.17, 15) is 10.2 Å². The third-order valence-corrected chi connectivity index (χ3v) is 7.16. The van der Waals surface area contributed by atoms with Crippen LogP contribution in [0, 0.1) is 12.8 Å². The van der Waals surface area contributed by atoms with Gasteiger partial charge in [-0.1, -0.05) is 59.7 Å². The minimum atomic E-state index is -0.429. The number of benzene rings is 3. The Bertz CT molecular complexity index is 1030. The Balaban J connectivity index is 0.000000294. The van der Waals surface area contributed by atoms with Crippen molar-refractivity contribution < 1.29 is 29.8 Å². The van der Waals surface area contributed by atoms with Crippen LogP contribution in [0.1, 0.15) is 105 Å². The number of unbranched alkanes of at least 4 members (excludes halogenated alkanes) is 2. The summed E-state index contributed by atoms with van der Waals surface area (Å²) in [6.07, 6.45) is 6.22. The fourth-order valence-electron chi connectivity index (χ4n) is 4.47. The summed E-state index contributed by atoms with van der Waals surface area (Å²) in [5, 5.41) is 19.6. The van der Waals surface area contributed by atoms with Crippen molar-refractivity contribution in [1.82, 2.24) is 0 Å². The first-order valence-electron chi connectivity index (χ1n) is 13.3. The molecule has 0 amide bonds. The maximum atomic E-state index is 9.79. The summed E-state index contributed by atoms with van der Waals surface area (Å²) in [7, 11) is 0. The number of hydrogen-bond acceptors (Lipinski definition) is 3. The zero-order chi connectivity index (χ0) is 27.4. The first-order chi connectivity index (χ1) is 17.7. The molecule has 0 bridgehead atoms. The Labute approximate surface area is 236 Å². The van der Waals surface area contributed by atoms with Crippen molar-refractivity contribution in [3.05, 3.63) is 113 Å². The monoisotopic (exact) mass is 669 g/mol. The van der Waals surface area contributed by atoms with Gasteiger partial charge in [-0.15, -0.1) is 0 Å². The minimum Gasteiger partial charge on any atom is -0.389 e. The fraction of sp³-hybridized carbons (Fsp3) is 0.394. The van der Waals surface area contributed by atoms with Gasteiger partial charge in [-0.25, -0.2) is 0 Å². The van der Waals surface area contributed by atoms with Crippen molar-refractivity contribution in [2.75, 3.05) is 0 Å². The van der Waals surface area contributed by atoms with Gasteiger partial charge < -0.3 is 29.5 Å². The zero-order valence-corrected chi connectivity index (χ0v) is 26.1. The zero-order valence-electron chi connectivity index (χ0n) is 23.2. The second-order valence-corrected chi connectivity index (χ2v) is 10.8. The van der Waals surface area contributed by atoms with Crippen molar-refractivity contribution in [2.45, 2.75) is 84.8 Å². The molecule has 3 nitrogen and oxygen atoms in total. The summed E-state index contributed by atoms with van der Waals surface area (Å²) in [6.45, 7) is 12.5. The van der Waals surface area contributed by atoms with Crippen molar-refractivity contribution in [2.24, 2.45) is 3.50 Å². The Morgan fingerprint density at radius 2 is 1.00 bits per heavy atom. The Morgan fingerprint density at radius 1 is 0.622 bits per heavy atom. The average Bonchev–Trinajstić information content (AvgIpc) is 2.88. The molecule has 2 N–H and O–H groups in total. The molecule has 0 fully saturated rings. The van der Waals surface area contributed by atoms with Crippen LogP contribution in [0.25, 0.3) is 0 Å². The fourth-order valence-corrected chi connectivity index (χ4v) is 5.23. The molecule has 0 saturated carbocycles. The molecule has 3 rings (SSSR count). The molecule has 0 spiro atoms. The van der Waals surface area contributed by atoms with E-state index >= 15 is 0 Å². The van der Waals surface area contributed by atoms with Gasteiger partial charge in [-0.3, -0.25) is 0 Å². The summed E-state index contributed by atoms with van der Waals surface area (Å²) < 4.78 is 4.50. The van der Waals surface area contributed by atoms with Gasteiger partial charge >= 0.3 is 97.7 Å². The summed E-state index contributed by atoms with van der Waals surface area (Å²) in [5.74, 6) is 1.12. The number of aliphatic hydroxyl groups is 2. The van der Waals surface area contributed by atoms with Crippen molar-refractivity contribution in [3.8, 4) is 0 Å². The number of nitrogens with zero attached hydrogens (tertiary/aromatic N) is 1. The molecule has 3 aromatic carbocycles. The summed E-state index contributed by atoms with van der Waals surface area (Å²) >= 11 is 1.29. The summed E-state index contributed by atoms with van der Waals surface area (Å²) in [6, 6.07) is 22.6. The van der Waals surface area contributed by atoms with E-state index in [0.717, 1.165) is 30.4 Å². The molecule has 4 heteroatoms. The van der Waals surface area contributed by atoms with Gasteiger partial charge in [-0.05, 0) is 25.0 Å². The quantitative estimate of drug-likeness (QED) is 0.159. The molecule has 0 aliphatic heterocycles. The molecule has 0 heterocycles. The van der Waals surface area contributed by atoms with E-state index in [0.29, 0.717) is 11.8 Å². The molecule has 37 heavy (non-hydrogen) atoms. The molecular weight excluding hydrogens is 626 g/mol. The van der Waals surface area contributed by atoms with E-state index in [1.165, 1.54) is 47.6 Å². The average molecular weight is 670 g/mol. The number of hydrogen-bond donors (Lipinski definition) is 2. The van der Waals surface area contributed by atoms with Crippen LogP contribution in [0.3, 0.4) is 0 Å². The normalized spacial score (nSPS) is 12.7. The number of aliphatic hydroxyl groups excluding tert-OH is 2. The van der Waals surface area contributed by atoms with E-state index in [1.54, 1.807) is 13.8 Å². The Morgan fingerprint density at radius 3 is 1.35 bits per heavy atom. The smallest absolute Gasteiger partial charge is 0.0763 e. The Hall–Kier alpha value is -1.93. The third kappa shape index (κ3) is 9.71. The van der Waals surface area contributed by atoms with E-state index < -0.39 is 12.2 Å². The first kappa shape index (κ1) is 31.3. The van der Waals surface area contributed by atoms with Crippen LogP contribution in [-0.2, 0) is 32.5 Å². The standard InChI is InChI=1S/C21H26O2.C12H17N.W/c1-16(22)20-14-8-6-12-18(20)10-4-3-5-11-19-13-7-9-15-21(19)17(2)23;1-8(2)10-6-5-7-11(9(3)4)12(10)13;/h4-9,12-17,22-23H,3,10-11H2,1-2H3;5-9H,1-4H3;/q-2;;. The van der Waals surface area contributed by atoms with E-state index in [4.69, 9.17) is 0 Å². The van der Waals surface area contributed by atoms with Crippen LogP contribution in [0.5, 0.6) is 0 Å². The molecule has 2 unspecified atom stereocenters. The maximum absolute atomic E-state index is 9.79. The van der Waals surface area contributed by atoms with E-state index in [-0.39, 0.29) is 0 Å². The molecule has 0 radical (unpaired) electrons. The van der Waals surface area contributed by atoms with Crippen LogP contribution in [-0.4, -0.2) is 10.2 Å². The largest absolute Gasteiger partial charge is 0.389 e. The minimum absolute atomic E-state index is 0.429. The maximum Gasteiger partial charge on any atom is 0.0763 e. The van der Waals surface area contributed by atoms with Gasteiger partial charge in [0.15, 0.2) is 0 Å². The molecule has 0 aliphatic carbocycles. The summed E-state index contributed by atoms with van der Waals surface area (Å²) in [5.41, 5.74) is 8.36. The van der Waals surface area contributed by atoms with Gasteiger partial charge in [0, 0.05) is 0 Å². The topological polar surface area (TPSA) is 52.8 Å². The van der Waals surface area contributed by atoms with Crippen LogP contribution in [0.15, 0.2) is 70.2 Å². The second-order valence-electron chi connectivity index (χ2n) is 10.2. The molecule has 0 aliphatic rings. The van der Waals surface area contributed by atoms with Crippen LogP contribution in [0.4, 0.5) is 5.69 Å². The van der Waals surface area contributed by atoms with Gasteiger partial charge in [0.25, 0.3) is 0 Å². The predicted molar refractivity (Wildman–Crippen MR) is 151 cm³/mol. The molecule has 3 aromatic rings. The van der Waals surface area contributed by atoms with Gasteiger partial charge in [0.1, 0.15) is 0 Å². The van der Waals surface area contributed by atoms with Crippen molar-refractivity contribution in [3.63, 3.8) is 0 Å². The number of rotatable bonds is 11. The van der Waals surface area contributed by atoms with Crippen molar-refractivity contribution >= 4 is 5.69 Å². The molecule has 0 aromatic heterocycles. The van der Waals surface area contributed by atoms with Crippen LogP contribution in [0.2, 0.25) is 0 Å². The first-order valence-corrected chi connectivity index (χ1v) is 14.6. The van der Waals surface area contributed by atoms with Gasteiger partial charge in [-0.2, -0.15) is 12.8 Å². The van der Waals surface area contributed by atoms with Gasteiger partial charge in [0.05, 0.1) is 12.2 Å². The third-order valence-electron chi connectivity index (χ3n) is 6.51. The molecule has 0 saturated heterocycles. The van der Waals surface area contributed by atoms with Crippen LogP contribution >= 0.6 is 0 Å². The van der Waals surface area contributed by atoms with Crippen molar-refractivity contribution in [1.29, 1.82) is 0 Å². The van der Waals surface area contributed by atoms with E-state index in [2.05, 4.69) is 74.4 Å². The molecule has 2 atom stereocenters. The molecule has 200 valence electrons. The predicted octanol–water partition coefficient (Wildman–Crippen LogP) is 8.67. The molecular formula is C33H43NO2W-2. The second kappa shape index (κ2) is 16.1. The Kier molecular flexibility index (Phi) is 13.6. The SMILES string of the molecule is CC(C)c1cccc(C(C)C)c1[N]=[W].CC(O)c1ccccc1C[CH-]C[CH-]Cc1ccccc1C(C)O.